The monoisotopic (exact) mass is 333 g/mol. The molecule has 1 aromatic carbocycles. The molecule has 2 heterocycles. The molecule has 2 aliphatic heterocycles. The minimum absolute atomic E-state index is 0.0301. The van der Waals surface area contributed by atoms with Gasteiger partial charge in [0, 0.05) is 33.2 Å². The molecule has 0 aliphatic carbocycles. The van der Waals surface area contributed by atoms with E-state index >= 15 is 0 Å². The van der Waals surface area contributed by atoms with E-state index in [0.717, 1.165) is 31.4 Å². The van der Waals surface area contributed by atoms with Crippen LogP contribution in [0.15, 0.2) is 24.3 Å². The lowest BCUT2D eigenvalue weighted by molar-refractivity contribution is -0.133. The van der Waals surface area contributed by atoms with E-state index in [1.165, 1.54) is 12.1 Å². The van der Waals surface area contributed by atoms with Crippen molar-refractivity contribution < 1.29 is 14.0 Å². The number of likely N-dealkylation sites (tertiary alicyclic amines) is 1. The molecule has 1 aromatic rings. The third kappa shape index (κ3) is 3.86. The van der Waals surface area contributed by atoms with E-state index in [-0.39, 0.29) is 24.3 Å². The fraction of sp³-hybridized carbons (Fsp3) is 0.556. The number of rotatable bonds is 4. The number of hydrogen-bond donors (Lipinski definition) is 0. The molecule has 5 nitrogen and oxygen atoms in total. The molecule has 2 fully saturated rings. The van der Waals surface area contributed by atoms with E-state index < -0.39 is 0 Å². The molecule has 1 atom stereocenters. The molecule has 0 spiro atoms. The van der Waals surface area contributed by atoms with Crippen LogP contribution in [0.2, 0.25) is 0 Å². The maximum Gasteiger partial charge on any atom is 0.320 e. The van der Waals surface area contributed by atoms with Crippen molar-refractivity contribution in [3.63, 3.8) is 0 Å². The number of nitrogens with zero attached hydrogens (tertiary/aromatic N) is 3. The van der Waals surface area contributed by atoms with Gasteiger partial charge in [-0.15, -0.1) is 0 Å². The minimum atomic E-state index is -0.223. The lowest BCUT2D eigenvalue weighted by Gasteiger charge is -2.34. The van der Waals surface area contributed by atoms with Crippen molar-refractivity contribution in [1.82, 2.24) is 14.7 Å². The lowest BCUT2D eigenvalue weighted by atomic mass is 9.91. The van der Waals surface area contributed by atoms with Gasteiger partial charge in [-0.2, -0.15) is 0 Å². The average Bonchev–Trinajstić information content (AvgIpc) is 2.89. The molecule has 2 aliphatic rings. The van der Waals surface area contributed by atoms with Gasteiger partial charge in [0.15, 0.2) is 0 Å². The third-order valence-electron chi connectivity index (χ3n) is 4.94. The van der Waals surface area contributed by atoms with E-state index in [1.807, 2.05) is 17.0 Å². The van der Waals surface area contributed by atoms with E-state index in [2.05, 4.69) is 0 Å². The predicted octanol–water partition coefficient (Wildman–Crippen LogP) is 1.97. The first-order valence-electron chi connectivity index (χ1n) is 8.55. The molecule has 130 valence electrons. The van der Waals surface area contributed by atoms with Crippen molar-refractivity contribution in [2.24, 2.45) is 5.92 Å². The highest BCUT2D eigenvalue weighted by molar-refractivity contribution is 5.85. The molecule has 6 heteroatoms. The zero-order chi connectivity index (χ0) is 17.1. The average molecular weight is 333 g/mol. The van der Waals surface area contributed by atoms with Gasteiger partial charge in [-0.3, -0.25) is 4.79 Å². The Morgan fingerprint density at radius 2 is 1.96 bits per heavy atom. The molecule has 24 heavy (non-hydrogen) atoms. The molecule has 3 amide bonds. The summed E-state index contributed by atoms with van der Waals surface area (Å²) in [4.78, 5) is 29.6. The van der Waals surface area contributed by atoms with Crippen molar-refractivity contribution in [3.05, 3.63) is 35.6 Å². The molecular formula is C18H24FN3O2. The van der Waals surface area contributed by atoms with Crippen molar-refractivity contribution in [2.75, 3.05) is 39.8 Å². The molecule has 0 bridgehead atoms. The second-order valence-corrected chi connectivity index (χ2v) is 6.80. The number of urea groups is 1. The van der Waals surface area contributed by atoms with Crippen LogP contribution in [-0.4, -0.2) is 66.4 Å². The van der Waals surface area contributed by atoms with Crippen LogP contribution in [0.4, 0.5) is 9.18 Å². The topological polar surface area (TPSA) is 43.9 Å². The number of carbonyl (C=O) groups is 2. The van der Waals surface area contributed by atoms with Gasteiger partial charge in [0.25, 0.3) is 0 Å². The second-order valence-electron chi connectivity index (χ2n) is 6.80. The predicted molar refractivity (Wildman–Crippen MR) is 89.0 cm³/mol. The maximum absolute atomic E-state index is 13.0. The van der Waals surface area contributed by atoms with Crippen molar-refractivity contribution in [1.29, 1.82) is 0 Å². The molecule has 0 unspecified atom stereocenters. The zero-order valence-electron chi connectivity index (χ0n) is 14.1. The molecule has 0 N–H and O–H groups in total. The summed E-state index contributed by atoms with van der Waals surface area (Å²) in [7, 11) is 1.76. The van der Waals surface area contributed by atoms with Crippen LogP contribution in [0, 0.1) is 11.7 Å². The first kappa shape index (κ1) is 16.7. The standard InChI is InChI=1S/C18H24FN3O2/c1-20-9-10-22(18(20)24)13-17(23)21-8-2-3-15(12-21)11-14-4-6-16(19)7-5-14/h4-7,15H,2-3,8-13H2,1H3/t15-/m0/s1. The van der Waals surface area contributed by atoms with Crippen molar-refractivity contribution in [3.8, 4) is 0 Å². The van der Waals surface area contributed by atoms with Crippen molar-refractivity contribution >= 4 is 11.9 Å². The number of likely N-dealkylation sites (N-methyl/N-ethyl adjacent to an activating group) is 1. The number of piperidine rings is 1. The Hall–Kier alpha value is -2.11. The quantitative estimate of drug-likeness (QED) is 0.846. The summed E-state index contributed by atoms with van der Waals surface area (Å²) in [6.45, 7) is 2.95. The highest BCUT2D eigenvalue weighted by atomic mass is 19.1. The Balaban J connectivity index is 1.54. The van der Waals surface area contributed by atoms with E-state index in [1.54, 1.807) is 16.8 Å². The molecule has 0 radical (unpaired) electrons. The van der Waals surface area contributed by atoms with Gasteiger partial charge < -0.3 is 14.7 Å². The number of benzene rings is 1. The van der Waals surface area contributed by atoms with Crippen LogP contribution >= 0.6 is 0 Å². The van der Waals surface area contributed by atoms with Gasteiger partial charge in [0.1, 0.15) is 12.4 Å². The first-order chi connectivity index (χ1) is 11.5. The largest absolute Gasteiger partial charge is 0.341 e. The van der Waals surface area contributed by atoms with Crippen LogP contribution in [-0.2, 0) is 11.2 Å². The summed E-state index contributed by atoms with van der Waals surface area (Å²) < 4.78 is 13.0. The molecule has 0 saturated carbocycles. The van der Waals surface area contributed by atoms with Crippen LogP contribution < -0.4 is 0 Å². The third-order valence-corrected chi connectivity index (χ3v) is 4.94. The molecule has 3 rings (SSSR count). The van der Waals surface area contributed by atoms with E-state index in [9.17, 15) is 14.0 Å². The normalized spacial score (nSPS) is 21.5. The fourth-order valence-corrected chi connectivity index (χ4v) is 3.53. The van der Waals surface area contributed by atoms with Gasteiger partial charge in [-0.25, -0.2) is 9.18 Å². The summed E-state index contributed by atoms with van der Waals surface area (Å²) in [5.74, 6) is 0.201. The molecular weight excluding hydrogens is 309 g/mol. The SMILES string of the molecule is CN1CCN(CC(=O)N2CCC[C@@H](Cc3ccc(F)cc3)C2)C1=O. The van der Waals surface area contributed by atoms with Gasteiger partial charge in [-0.05, 0) is 42.9 Å². The Kier molecular flexibility index (Phi) is 5.02. The number of carbonyl (C=O) groups excluding carboxylic acids is 2. The van der Waals surface area contributed by atoms with Crippen molar-refractivity contribution in [2.45, 2.75) is 19.3 Å². The van der Waals surface area contributed by atoms with E-state index in [4.69, 9.17) is 0 Å². The van der Waals surface area contributed by atoms with Gasteiger partial charge in [-0.1, -0.05) is 12.1 Å². The van der Waals surface area contributed by atoms with Crippen LogP contribution in [0.5, 0.6) is 0 Å². The van der Waals surface area contributed by atoms with E-state index in [0.29, 0.717) is 25.6 Å². The minimum Gasteiger partial charge on any atom is -0.341 e. The Bertz CT molecular complexity index is 605. The van der Waals surface area contributed by atoms with Gasteiger partial charge >= 0.3 is 6.03 Å². The summed E-state index contributed by atoms with van der Waals surface area (Å²) in [6.07, 6.45) is 2.91. The molecule has 2 saturated heterocycles. The zero-order valence-corrected chi connectivity index (χ0v) is 14.1. The number of hydrogen-bond acceptors (Lipinski definition) is 2. The Morgan fingerprint density at radius 3 is 2.62 bits per heavy atom. The van der Waals surface area contributed by atoms with Gasteiger partial charge in [0.05, 0.1) is 0 Å². The Labute approximate surface area is 142 Å². The Morgan fingerprint density at radius 1 is 1.21 bits per heavy atom. The van der Waals surface area contributed by atoms with Crippen LogP contribution in [0.25, 0.3) is 0 Å². The lowest BCUT2D eigenvalue weighted by Crippen LogP contribution is -2.46. The summed E-state index contributed by atoms with van der Waals surface area (Å²) in [5.41, 5.74) is 1.10. The van der Waals surface area contributed by atoms with Crippen LogP contribution in [0.1, 0.15) is 18.4 Å². The second kappa shape index (κ2) is 7.20. The van der Waals surface area contributed by atoms with Crippen LogP contribution in [0.3, 0.4) is 0 Å². The van der Waals surface area contributed by atoms with Gasteiger partial charge in [0.2, 0.25) is 5.91 Å². The summed E-state index contributed by atoms with van der Waals surface area (Å²) >= 11 is 0. The summed E-state index contributed by atoms with van der Waals surface area (Å²) in [5, 5.41) is 0. The maximum atomic E-state index is 13.0. The first-order valence-corrected chi connectivity index (χ1v) is 8.55. The number of amides is 3. The molecule has 0 aromatic heterocycles. The smallest absolute Gasteiger partial charge is 0.320 e. The summed E-state index contributed by atoms with van der Waals surface area (Å²) in [6, 6.07) is 6.53. The number of halogens is 1. The highest BCUT2D eigenvalue weighted by Crippen LogP contribution is 2.21. The highest BCUT2D eigenvalue weighted by Gasteiger charge is 2.30. The fourth-order valence-electron chi connectivity index (χ4n) is 3.53.